The van der Waals surface area contributed by atoms with Crippen LogP contribution in [-0.4, -0.2) is 27.3 Å². The molecule has 6 heteroatoms. The van der Waals surface area contributed by atoms with E-state index in [4.69, 9.17) is 0 Å². The Labute approximate surface area is 147 Å². The van der Waals surface area contributed by atoms with Crippen LogP contribution in [0.3, 0.4) is 0 Å². The number of anilines is 1. The second-order valence-electron chi connectivity index (χ2n) is 7.15. The number of nitrogens with one attached hydrogen (secondary N) is 1. The Morgan fingerprint density at radius 1 is 1.40 bits per heavy atom. The second kappa shape index (κ2) is 6.86. The molecule has 2 heterocycles. The fourth-order valence-electron chi connectivity index (χ4n) is 3.59. The summed E-state index contributed by atoms with van der Waals surface area (Å²) in [7, 11) is 1.84. The third-order valence-electron chi connectivity index (χ3n) is 4.80. The first kappa shape index (κ1) is 17.5. The molecule has 2 aromatic rings. The first-order valence-corrected chi connectivity index (χ1v) is 8.73. The number of urea groups is 1. The summed E-state index contributed by atoms with van der Waals surface area (Å²) in [5, 5.41) is 7.43. The predicted molar refractivity (Wildman–Crippen MR) is 95.9 cm³/mol. The minimum Gasteiger partial charge on any atom is -0.317 e. The van der Waals surface area contributed by atoms with E-state index in [0.717, 1.165) is 23.4 Å². The zero-order valence-electron chi connectivity index (χ0n) is 15.2. The first-order valence-electron chi connectivity index (χ1n) is 8.73. The lowest BCUT2D eigenvalue weighted by Gasteiger charge is -2.27. The SMILES string of the molecule is CC(C)c1nn(C)cc1NC(=O)N1CC[C@H](C)[C@H]1c1cccc(F)c1. The molecular weight excluding hydrogens is 319 g/mol. The molecule has 0 spiro atoms. The largest absolute Gasteiger partial charge is 0.322 e. The van der Waals surface area contributed by atoms with E-state index >= 15 is 0 Å². The lowest BCUT2D eigenvalue weighted by molar-refractivity contribution is 0.201. The lowest BCUT2D eigenvalue weighted by atomic mass is 9.95. The van der Waals surface area contributed by atoms with Crippen LogP contribution in [0.2, 0.25) is 0 Å². The van der Waals surface area contributed by atoms with Crippen LogP contribution >= 0.6 is 0 Å². The first-order chi connectivity index (χ1) is 11.9. The number of benzene rings is 1. The van der Waals surface area contributed by atoms with E-state index in [1.807, 2.05) is 33.2 Å². The smallest absolute Gasteiger partial charge is 0.317 e. The molecule has 1 aromatic heterocycles. The highest BCUT2D eigenvalue weighted by Gasteiger charge is 2.36. The zero-order chi connectivity index (χ0) is 18.1. The van der Waals surface area contributed by atoms with Crippen molar-refractivity contribution < 1.29 is 9.18 Å². The van der Waals surface area contributed by atoms with Crippen molar-refractivity contribution in [2.24, 2.45) is 13.0 Å². The lowest BCUT2D eigenvalue weighted by Crippen LogP contribution is -2.35. The van der Waals surface area contributed by atoms with Crippen molar-refractivity contribution in [2.75, 3.05) is 11.9 Å². The van der Waals surface area contributed by atoms with Crippen molar-refractivity contribution in [1.82, 2.24) is 14.7 Å². The van der Waals surface area contributed by atoms with Gasteiger partial charge in [0.2, 0.25) is 0 Å². The zero-order valence-corrected chi connectivity index (χ0v) is 15.2. The van der Waals surface area contributed by atoms with Gasteiger partial charge in [-0.2, -0.15) is 5.10 Å². The van der Waals surface area contributed by atoms with Gasteiger partial charge in [-0.15, -0.1) is 0 Å². The molecule has 1 aliphatic heterocycles. The molecule has 5 nitrogen and oxygen atoms in total. The summed E-state index contributed by atoms with van der Waals surface area (Å²) in [6, 6.07) is 6.26. The summed E-state index contributed by atoms with van der Waals surface area (Å²) in [6.45, 7) is 6.86. The molecule has 2 amide bonds. The van der Waals surface area contributed by atoms with Crippen LogP contribution in [0, 0.1) is 11.7 Å². The van der Waals surface area contributed by atoms with Crippen LogP contribution in [-0.2, 0) is 7.05 Å². The summed E-state index contributed by atoms with van der Waals surface area (Å²) in [6.07, 6.45) is 2.72. The summed E-state index contributed by atoms with van der Waals surface area (Å²) >= 11 is 0. The molecule has 0 bridgehead atoms. The highest BCUT2D eigenvalue weighted by atomic mass is 19.1. The van der Waals surface area contributed by atoms with Gasteiger partial charge in [-0.25, -0.2) is 9.18 Å². The molecule has 2 atom stereocenters. The highest BCUT2D eigenvalue weighted by molar-refractivity contribution is 5.90. The third kappa shape index (κ3) is 3.52. The Bertz CT molecular complexity index is 771. The molecule has 0 saturated carbocycles. The van der Waals surface area contributed by atoms with E-state index in [-0.39, 0.29) is 29.7 Å². The normalized spacial score (nSPS) is 20.3. The number of halogens is 1. The molecule has 1 saturated heterocycles. The number of hydrogen-bond acceptors (Lipinski definition) is 2. The van der Waals surface area contributed by atoms with E-state index in [0.29, 0.717) is 6.54 Å². The standard InChI is InChI=1S/C19H25FN4O/c1-12(2)17-16(11-23(4)22-17)21-19(25)24-9-8-13(3)18(24)14-6-5-7-15(20)10-14/h5-7,10-13,18H,8-9H2,1-4H3,(H,21,25)/t13-,18-/m0/s1. The average molecular weight is 344 g/mol. The minimum absolute atomic E-state index is 0.116. The average Bonchev–Trinajstić information content (AvgIpc) is 3.10. The number of amides is 2. The maximum atomic E-state index is 13.6. The van der Waals surface area contributed by atoms with E-state index in [1.165, 1.54) is 12.1 Å². The van der Waals surface area contributed by atoms with Gasteiger partial charge in [-0.05, 0) is 36.0 Å². The minimum atomic E-state index is -0.272. The van der Waals surface area contributed by atoms with Gasteiger partial charge in [0.15, 0.2) is 0 Å². The van der Waals surface area contributed by atoms with Crippen molar-refractivity contribution in [2.45, 2.75) is 39.2 Å². The van der Waals surface area contributed by atoms with Crippen LogP contribution in [0.1, 0.15) is 50.4 Å². The number of rotatable bonds is 3. The Hall–Kier alpha value is -2.37. The van der Waals surface area contributed by atoms with Gasteiger partial charge < -0.3 is 10.2 Å². The number of likely N-dealkylation sites (tertiary alicyclic amines) is 1. The Kier molecular flexibility index (Phi) is 4.79. The number of carbonyl (C=O) groups excluding carboxylic acids is 1. The molecule has 1 aromatic carbocycles. The molecular formula is C19H25FN4O. The monoisotopic (exact) mass is 344 g/mol. The summed E-state index contributed by atoms with van der Waals surface area (Å²) < 4.78 is 15.3. The summed E-state index contributed by atoms with van der Waals surface area (Å²) in [5.74, 6) is 0.227. The fourth-order valence-corrected chi connectivity index (χ4v) is 3.59. The maximum Gasteiger partial charge on any atom is 0.322 e. The van der Waals surface area contributed by atoms with Gasteiger partial charge in [0.05, 0.1) is 17.4 Å². The van der Waals surface area contributed by atoms with Crippen molar-refractivity contribution in [3.8, 4) is 0 Å². The highest BCUT2D eigenvalue weighted by Crippen LogP contribution is 2.37. The van der Waals surface area contributed by atoms with Crippen LogP contribution < -0.4 is 5.32 Å². The van der Waals surface area contributed by atoms with Crippen molar-refractivity contribution in [3.63, 3.8) is 0 Å². The van der Waals surface area contributed by atoms with Gasteiger partial charge in [0, 0.05) is 19.8 Å². The summed E-state index contributed by atoms with van der Waals surface area (Å²) in [4.78, 5) is 14.7. The second-order valence-corrected chi connectivity index (χ2v) is 7.15. The Morgan fingerprint density at radius 3 is 2.84 bits per heavy atom. The van der Waals surface area contributed by atoms with Gasteiger partial charge in [-0.1, -0.05) is 32.9 Å². The maximum absolute atomic E-state index is 13.6. The molecule has 134 valence electrons. The molecule has 1 aliphatic rings. The quantitative estimate of drug-likeness (QED) is 0.902. The number of aromatic nitrogens is 2. The van der Waals surface area contributed by atoms with Gasteiger partial charge in [0.1, 0.15) is 5.82 Å². The van der Waals surface area contributed by atoms with Gasteiger partial charge >= 0.3 is 6.03 Å². The predicted octanol–water partition coefficient (Wildman–Crippen LogP) is 4.30. The molecule has 1 N–H and O–H groups in total. The van der Waals surface area contributed by atoms with Crippen LogP contribution in [0.5, 0.6) is 0 Å². The number of carbonyl (C=O) groups is 1. The Morgan fingerprint density at radius 2 is 2.16 bits per heavy atom. The molecule has 0 unspecified atom stereocenters. The van der Waals surface area contributed by atoms with Crippen molar-refractivity contribution in [3.05, 3.63) is 47.5 Å². The van der Waals surface area contributed by atoms with Crippen molar-refractivity contribution >= 4 is 11.7 Å². The Balaban J connectivity index is 1.84. The molecule has 25 heavy (non-hydrogen) atoms. The van der Waals surface area contributed by atoms with Gasteiger partial charge in [-0.3, -0.25) is 4.68 Å². The van der Waals surface area contributed by atoms with Gasteiger partial charge in [0.25, 0.3) is 0 Å². The number of nitrogens with zero attached hydrogens (tertiary/aromatic N) is 3. The van der Waals surface area contributed by atoms with E-state index in [1.54, 1.807) is 15.6 Å². The van der Waals surface area contributed by atoms with Crippen LogP contribution in [0.4, 0.5) is 14.9 Å². The number of hydrogen-bond donors (Lipinski definition) is 1. The van der Waals surface area contributed by atoms with Crippen molar-refractivity contribution in [1.29, 1.82) is 0 Å². The van der Waals surface area contributed by atoms with E-state index in [2.05, 4.69) is 17.3 Å². The topological polar surface area (TPSA) is 50.2 Å². The molecule has 3 rings (SSSR count). The van der Waals surface area contributed by atoms with Crippen LogP contribution in [0.25, 0.3) is 0 Å². The molecule has 0 radical (unpaired) electrons. The third-order valence-corrected chi connectivity index (χ3v) is 4.80. The number of aryl methyl sites for hydroxylation is 1. The summed E-state index contributed by atoms with van der Waals surface area (Å²) in [5.41, 5.74) is 2.45. The fraction of sp³-hybridized carbons (Fsp3) is 0.474. The van der Waals surface area contributed by atoms with E-state index in [9.17, 15) is 9.18 Å². The van der Waals surface area contributed by atoms with E-state index < -0.39 is 0 Å². The van der Waals surface area contributed by atoms with Crippen LogP contribution in [0.15, 0.2) is 30.5 Å². The molecule has 0 aliphatic carbocycles. The molecule has 1 fully saturated rings.